The molecule has 0 bridgehead atoms. The summed E-state index contributed by atoms with van der Waals surface area (Å²) in [6.45, 7) is 4.49. The van der Waals surface area contributed by atoms with Gasteiger partial charge in [0.05, 0.1) is 5.92 Å². The van der Waals surface area contributed by atoms with Crippen molar-refractivity contribution in [2.45, 2.75) is 57.8 Å². The summed E-state index contributed by atoms with van der Waals surface area (Å²) in [6.07, 6.45) is 15.4. The van der Waals surface area contributed by atoms with E-state index in [0.29, 0.717) is 6.42 Å². The van der Waals surface area contributed by atoms with Gasteiger partial charge in [0.15, 0.2) is 11.6 Å². The maximum Gasteiger partial charge on any atom is 0.169 e. The first-order valence-electron chi connectivity index (χ1n) is 13.8. The van der Waals surface area contributed by atoms with E-state index in [1.54, 1.807) is 6.08 Å². The predicted octanol–water partition coefficient (Wildman–Crippen LogP) is 6.70. The molecule has 1 unspecified atom stereocenters. The predicted molar refractivity (Wildman–Crippen MR) is 149 cm³/mol. The molecule has 3 fully saturated rings. The van der Waals surface area contributed by atoms with E-state index >= 15 is 0 Å². The average Bonchev–Trinajstić information content (AvgIpc) is 2.94. The molecule has 0 N–H and O–H groups in total. The number of hydrogen-bond acceptors (Lipinski definition) is 4. The van der Waals surface area contributed by atoms with Gasteiger partial charge in [-0.1, -0.05) is 30.3 Å². The monoisotopic (exact) mass is 482 g/mol. The van der Waals surface area contributed by atoms with E-state index in [1.807, 2.05) is 12.2 Å². The standard InChI is InChI=1S/C32H38N2O2/c35-31(19-14-25-10-15-28(16-11-25)33-20-3-1-4-21-33)30-9-7-8-27(32(30)36)24-26-12-17-29(18-13-26)34-22-5-2-6-23-34/h10-19,24,30H,1-9,20-23H2. The van der Waals surface area contributed by atoms with Crippen LogP contribution in [0.2, 0.25) is 0 Å². The van der Waals surface area contributed by atoms with Gasteiger partial charge in [-0.15, -0.1) is 0 Å². The Morgan fingerprint density at radius 1 is 0.694 bits per heavy atom. The van der Waals surface area contributed by atoms with E-state index in [1.165, 1.54) is 49.9 Å². The van der Waals surface area contributed by atoms with E-state index in [2.05, 4.69) is 58.3 Å². The van der Waals surface area contributed by atoms with Crippen molar-refractivity contribution in [3.8, 4) is 0 Å². The van der Waals surface area contributed by atoms with Crippen LogP contribution in [-0.2, 0) is 9.59 Å². The lowest BCUT2D eigenvalue weighted by atomic mass is 9.81. The molecule has 4 nitrogen and oxygen atoms in total. The maximum atomic E-state index is 13.2. The molecule has 1 atom stereocenters. The summed E-state index contributed by atoms with van der Waals surface area (Å²) in [6, 6.07) is 16.9. The summed E-state index contributed by atoms with van der Waals surface area (Å²) < 4.78 is 0. The van der Waals surface area contributed by atoms with Gasteiger partial charge in [-0.3, -0.25) is 9.59 Å². The number of ketones is 2. The molecular formula is C32H38N2O2. The Hall–Kier alpha value is -3.14. The molecule has 2 aromatic rings. The van der Waals surface area contributed by atoms with Crippen molar-refractivity contribution in [2.24, 2.45) is 5.92 Å². The molecule has 2 saturated heterocycles. The highest BCUT2D eigenvalue weighted by Crippen LogP contribution is 2.29. The van der Waals surface area contributed by atoms with Gasteiger partial charge in [-0.25, -0.2) is 0 Å². The number of rotatable bonds is 6. The highest BCUT2D eigenvalue weighted by atomic mass is 16.1. The van der Waals surface area contributed by atoms with Crippen LogP contribution in [0.4, 0.5) is 11.4 Å². The second-order valence-corrected chi connectivity index (χ2v) is 10.5. The molecular weight excluding hydrogens is 444 g/mol. The topological polar surface area (TPSA) is 40.6 Å². The van der Waals surface area contributed by atoms with Crippen LogP contribution in [0.3, 0.4) is 0 Å². The van der Waals surface area contributed by atoms with Gasteiger partial charge < -0.3 is 9.80 Å². The summed E-state index contributed by atoms with van der Waals surface area (Å²) >= 11 is 0. The molecule has 1 aliphatic carbocycles. The zero-order valence-corrected chi connectivity index (χ0v) is 21.3. The smallest absolute Gasteiger partial charge is 0.169 e. The molecule has 2 heterocycles. The van der Waals surface area contributed by atoms with Gasteiger partial charge in [-0.05, 0) is 111 Å². The minimum absolute atomic E-state index is 0.00328. The Balaban J connectivity index is 1.20. The molecule has 2 aromatic carbocycles. The molecule has 0 amide bonds. The number of piperidine rings is 2. The lowest BCUT2D eigenvalue weighted by molar-refractivity contribution is -0.129. The van der Waals surface area contributed by atoms with Crippen molar-refractivity contribution >= 4 is 35.1 Å². The van der Waals surface area contributed by atoms with Crippen molar-refractivity contribution in [3.63, 3.8) is 0 Å². The first-order chi connectivity index (χ1) is 17.7. The van der Waals surface area contributed by atoms with E-state index in [9.17, 15) is 9.59 Å². The summed E-state index contributed by atoms with van der Waals surface area (Å²) in [7, 11) is 0. The lowest BCUT2D eigenvalue weighted by Crippen LogP contribution is -2.29. The van der Waals surface area contributed by atoms with Gasteiger partial charge in [0, 0.05) is 37.6 Å². The number of allylic oxidation sites excluding steroid dienone is 2. The van der Waals surface area contributed by atoms with Gasteiger partial charge >= 0.3 is 0 Å². The van der Waals surface area contributed by atoms with Crippen LogP contribution in [0.25, 0.3) is 12.2 Å². The van der Waals surface area contributed by atoms with Gasteiger partial charge in [-0.2, -0.15) is 0 Å². The highest BCUT2D eigenvalue weighted by molar-refractivity contribution is 6.16. The summed E-state index contributed by atoms with van der Waals surface area (Å²) in [5.74, 6) is -0.635. The van der Waals surface area contributed by atoms with Crippen LogP contribution >= 0.6 is 0 Å². The zero-order chi connectivity index (χ0) is 24.7. The maximum absolute atomic E-state index is 13.2. The van der Waals surface area contributed by atoms with Crippen LogP contribution in [0.15, 0.2) is 60.2 Å². The molecule has 5 rings (SSSR count). The average molecular weight is 483 g/mol. The van der Waals surface area contributed by atoms with Crippen molar-refractivity contribution in [2.75, 3.05) is 36.0 Å². The number of carbonyl (C=O) groups is 2. The van der Waals surface area contributed by atoms with E-state index in [-0.39, 0.29) is 11.6 Å². The molecule has 3 aliphatic rings. The third kappa shape index (κ3) is 5.98. The Kier molecular flexibility index (Phi) is 8.00. The molecule has 36 heavy (non-hydrogen) atoms. The third-order valence-corrected chi connectivity index (χ3v) is 7.92. The van der Waals surface area contributed by atoms with E-state index < -0.39 is 5.92 Å². The van der Waals surface area contributed by atoms with E-state index in [0.717, 1.165) is 55.7 Å². The molecule has 0 aromatic heterocycles. The van der Waals surface area contributed by atoms with Crippen LogP contribution in [0.5, 0.6) is 0 Å². The number of anilines is 2. The molecule has 4 heteroatoms. The molecule has 1 saturated carbocycles. The number of nitrogens with zero attached hydrogens (tertiary/aromatic N) is 2. The second kappa shape index (κ2) is 11.7. The number of carbonyl (C=O) groups excluding carboxylic acids is 2. The summed E-state index contributed by atoms with van der Waals surface area (Å²) in [5.41, 5.74) is 5.33. The molecule has 188 valence electrons. The first kappa shape index (κ1) is 24.5. The number of Topliss-reactive ketones (excluding diaryl/α,β-unsaturated/α-hetero) is 1. The van der Waals surface area contributed by atoms with Crippen LogP contribution in [0.1, 0.15) is 68.9 Å². The molecule has 0 radical (unpaired) electrons. The van der Waals surface area contributed by atoms with Crippen molar-refractivity contribution in [1.82, 2.24) is 0 Å². The van der Waals surface area contributed by atoms with Crippen molar-refractivity contribution in [1.29, 1.82) is 0 Å². The quantitative estimate of drug-likeness (QED) is 0.339. The van der Waals surface area contributed by atoms with Gasteiger partial charge in [0.2, 0.25) is 0 Å². The van der Waals surface area contributed by atoms with Crippen molar-refractivity contribution < 1.29 is 9.59 Å². The largest absolute Gasteiger partial charge is 0.372 e. The summed E-state index contributed by atoms with van der Waals surface area (Å²) in [4.78, 5) is 31.0. The number of benzene rings is 2. The Morgan fingerprint density at radius 2 is 1.22 bits per heavy atom. The first-order valence-corrected chi connectivity index (χ1v) is 13.8. The third-order valence-electron chi connectivity index (χ3n) is 7.92. The normalized spacial score (nSPS) is 22.4. The lowest BCUT2D eigenvalue weighted by Gasteiger charge is -2.28. The fraction of sp³-hybridized carbons (Fsp3) is 0.438. The van der Waals surface area contributed by atoms with Gasteiger partial charge in [0.25, 0.3) is 0 Å². The Morgan fingerprint density at radius 3 is 1.78 bits per heavy atom. The number of hydrogen-bond donors (Lipinski definition) is 0. The summed E-state index contributed by atoms with van der Waals surface area (Å²) in [5, 5.41) is 0. The Bertz CT molecular complexity index is 1100. The minimum atomic E-state index is -0.554. The highest BCUT2D eigenvalue weighted by Gasteiger charge is 2.30. The zero-order valence-electron chi connectivity index (χ0n) is 21.3. The molecule has 2 aliphatic heterocycles. The fourth-order valence-electron chi connectivity index (χ4n) is 5.77. The van der Waals surface area contributed by atoms with Crippen LogP contribution in [-0.4, -0.2) is 37.7 Å². The van der Waals surface area contributed by atoms with E-state index in [4.69, 9.17) is 0 Å². The van der Waals surface area contributed by atoms with Crippen LogP contribution in [0, 0.1) is 5.92 Å². The van der Waals surface area contributed by atoms with Crippen LogP contribution < -0.4 is 9.80 Å². The SMILES string of the molecule is O=C(C=Cc1ccc(N2CCCCC2)cc1)C1CCCC(=Cc2ccc(N3CCCCC3)cc2)C1=O. The molecule has 0 spiro atoms. The van der Waals surface area contributed by atoms with Gasteiger partial charge in [0.1, 0.15) is 0 Å². The second-order valence-electron chi connectivity index (χ2n) is 10.5. The fourth-order valence-corrected chi connectivity index (χ4v) is 5.77. The minimum Gasteiger partial charge on any atom is -0.372 e. The Labute approximate surface area is 215 Å². The van der Waals surface area contributed by atoms with Crippen molar-refractivity contribution in [3.05, 3.63) is 71.3 Å².